The zero-order valence-electron chi connectivity index (χ0n) is 7.79. The van der Waals surface area contributed by atoms with E-state index in [0.717, 1.165) is 19.5 Å². The van der Waals surface area contributed by atoms with E-state index in [1.165, 1.54) is 5.01 Å². The monoisotopic (exact) mass is 174 g/mol. The molecule has 0 aliphatic heterocycles. The molecule has 0 radical (unpaired) electrons. The first-order chi connectivity index (χ1) is 5.74. The summed E-state index contributed by atoms with van der Waals surface area (Å²) in [6.07, 6.45) is 0.774. The molecule has 1 amide bonds. The van der Waals surface area contributed by atoms with Crippen LogP contribution in [0, 0.1) is 0 Å². The van der Waals surface area contributed by atoms with Crippen molar-refractivity contribution in [1.29, 1.82) is 0 Å². The van der Waals surface area contributed by atoms with Gasteiger partial charge in [-0.2, -0.15) is 0 Å². The van der Waals surface area contributed by atoms with Crippen LogP contribution in [0.1, 0.15) is 0 Å². The molecule has 0 aliphatic rings. The third-order valence-corrected chi connectivity index (χ3v) is 1.65. The van der Waals surface area contributed by atoms with Crippen LogP contribution in [0.25, 0.3) is 0 Å². The average molecular weight is 174 g/mol. The Balaban J connectivity index is 3.44. The lowest BCUT2D eigenvalue weighted by atomic mass is 10.5. The Morgan fingerprint density at radius 3 is 2.50 bits per heavy atom. The van der Waals surface area contributed by atoms with E-state index in [0.29, 0.717) is 13.1 Å². The maximum atomic E-state index is 10.3. The number of carbonyl (C=O) groups excluding carboxylic acids is 1. The van der Waals surface area contributed by atoms with E-state index in [1.54, 1.807) is 7.05 Å². The highest BCUT2D eigenvalue weighted by Crippen LogP contribution is 1.81. The van der Waals surface area contributed by atoms with Gasteiger partial charge in [0, 0.05) is 33.2 Å². The molecule has 0 aliphatic carbocycles. The predicted molar refractivity (Wildman–Crippen MR) is 48.4 cm³/mol. The number of rotatable bonds is 7. The second-order valence-electron chi connectivity index (χ2n) is 2.61. The summed E-state index contributed by atoms with van der Waals surface area (Å²) in [6, 6.07) is 0. The Bertz CT molecular complexity index is 120. The Hall–Kier alpha value is -0.650. The van der Waals surface area contributed by atoms with Gasteiger partial charge in [-0.05, 0) is 7.05 Å². The van der Waals surface area contributed by atoms with E-state index in [9.17, 15) is 4.79 Å². The first-order valence-electron chi connectivity index (χ1n) is 4.02. The second kappa shape index (κ2) is 7.02. The van der Waals surface area contributed by atoms with E-state index in [1.807, 2.05) is 7.05 Å². The summed E-state index contributed by atoms with van der Waals surface area (Å²) in [5.41, 5.74) is 8.12. The van der Waals surface area contributed by atoms with Crippen molar-refractivity contribution in [2.75, 3.05) is 40.3 Å². The van der Waals surface area contributed by atoms with Crippen LogP contribution in [-0.4, -0.2) is 56.6 Å². The largest absolute Gasteiger partial charge is 0.329 e. The van der Waals surface area contributed by atoms with E-state index in [4.69, 9.17) is 5.73 Å². The fraction of sp³-hybridized carbons (Fsp3) is 0.857. The fourth-order valence-corrected chi connectivity index (χ4v) is 0.828. The summed E-state index contributed by atoms with van der Waals surface area (Å²) >= 11 is 0. The molecular formula is C7H18N4O. The fourth-order valence-electron chi connectivity index (χ4n) is 0.828. The lowest BCUT2D eigenvalue weighted by molar-refractivity contribution is -0.120. The molecule has 0 spiro atoms. The van der Waals surface area contributed by atoms with Crippen LogP contribution in [0.5, 0.6) is 0 Å². The topological polar surface area (TPSA) is 61.6 Å². The Kier molecular flexibility index (Phi) is 6.64. The van der Waals surface area contributed by atoms with E-state index in [-0.39, 0.29) is 0 Å². The predicted octanol–water partition coefficient (Wildman–Crippen LogP) is -1.53. The first-order valence-corrected chi connectivity index (χ1v) is 4.02. The van der Waals surface area contributed by atoms with Crippen molar-refractivity contribution in [2.45, 2.75) is 0 Å². The first kappa shape index (κ1) is 11.4. The summed E-state index contributed by atoms with van der Waals surface area (Å²) < 4.78 is 0. The summed E-state index contributed by atoms with van der Waals surface area (Å²) in [5.74, 6) is 0. The highest BCUT2D eigenvalue weighted by atomic mass is 16.1. The number of nitrogens with one attached hydrogen (secondary N) is 1. The van der Waals surface area contributed by atoms with E-state index in [2.05, 4.69) is 10.3 Å². The summed E-state index contributed by atoms with van der Waals surface area (Å²) in [5, 5.41) is 1.49. The molecule has 0 saturated heterocycles. The smallest absolute Gasteiger partial charge is 0.223 e. The highest BCUT2D eigenvalue weighted by Gasteiger charge is 2.00. The van der Waals surface area contributed by atoms with E-state index < -0.39 is 0 Å². The van der Waals surface area contributed by atoms with Gasteiger partial charge < -0.3 is 10.6 Å². The van der Waals surface area contributed by atoms with Crippen molar-refractivity contribution in [3.8, 4) is 0 Å². The number of likely N-dealkylation sites (N-methyl/N-ethyl adjacent to an activating group) is 1. The van der Waals surface area contributed by atoms with Crippen LogP contribution in [0.4, 0.5) is 0 Å². The summed E-state index contributed by atoms with van der Waals surface area (Å²) in [6.45, 7) is 3.01. The van der Waals surface area contributed by atoms with Crippen molar-refractivity contribution in [2.24, 2.45) is 5.73 Å². The Morgan fingerprint density at radius 1 is 1.42 bits per heavy atom. The molecule has 12 heavy (non-hydrogen) atoms. The third kappa shape index (κ3) is 5.06. The molecule has 0 heterocycles. The van der Waals surface area contributed by atoms with Crippen molar-refractivity contribution < 1.29 is 4.79 Å². The standard InChI is InChI=1S/C7H18N4O/c1-9-11(7-12)6-5-10(2)4-3-8/h7,9H,3-6,8H2,1-2H3. The number of amides is 1. The molecule has 0 aromatic carbocycles. The molecular weight excluding hydrogens is 156 g/mol. The van der Waals surface area contributed by atoms with Gasteiger partial charge in [0.25, 0.3) is 0 Å². The third-order valence-electron chi connectivity index (χ3n) is 1.65. The number of carbonyl (C=O) groups is 1. The van der Waals surface area contributed by atoms with Crippen LogP contribution < -0.4 is 11.2 Å². The quantitative estimate of drug-likeness (QED) is 0.363. The molecule has 0 bridgehead atoms. The zero-order valence-corrected chi connectivity index (χ0v) is 7.79. The summed E-state index contributed by atoms with van der Waals surface area (Å²) in [4.78, 5) is 12.4. The van der Waals surface area contributed by atoms with Crippen molar-refractivity contribution in [1.82, 2.24) is 15.3 Å². The summed E-state index contributed by atoms with van der Waals surface area (Å²) in [7, 11) is 3.70. The number of nitrogens with two attached hydrogens (primary N) is 1. The molecule has 0 atom stereocenters. The highest BCUT2D eigenvalue weighted by molar-refractivity contribution is 5.45. The van der Waals surface area contributed by atoms with Gasteiger partial charge in [0.2, 0.25) is 6.41 Å². The maximum Gasteiger partial charge on any atom is 0.223 e. The molecule has 0 aromatic heterocycles. The van der Waals surface area contributed by atoms with Gasteiger partial charge in [-0.25, -0.2) is 5.43 Å². The van der Waals surface area contributed by atoms with Crippen LogP contribution in [-0.2, 0) is 4.79 Å². The van der Waals surface area contributed by atoms with Crippen LogP contribution in [0.2, 0.25) is 0 Å². The Morgan fingerprint density at radius 2 is 2.08 bits per heavy atom. The van der Waals surface area contributed by atoms with Crippen molar-refractivity contribution in [3.05, 3.63) is 0 Å². The van der Waals surface area contributed by atoms with Gasteiger partial charge in [0.05, 0.1) is 0 Å². The van der Waals surface area contributed by atoms with Crippen molar-refractivity contribution in [3.63, 3.8) is 0 Å². The van der Waals surface area contributed by atoms with E-state index >= 15 is 0 Å². The van der Waals surface area contributed by atoms with Crippen LogP contribution in [0.15, 0.2) is 0 Å². The second-order valence-corrected chi connectivity index (χ2v) is 2.61. The number of hydrazine groups is 1. The van der Waals surface area contributed by atoms with Gasteiger partial charge in [-0.15, -0.1) is 0 Å². The molecule has 0 fully saturated rings. The minimum Gasteiger partial charge on any atom is -0.329 e. The maximum absolute atomic E-state index is 10.3. The van der Waals surface area contributed by atoms with Gasteiger partial charge in [0.15, 0.2) is 0 Å². The Labute approximate surface area is 73.5 Å². The molecule has 5 nitrogen and oxygen atoms in total. The molecule has 0 aromatic rings. The number of nitrogens with zero attached hydrogens (tertiary/aromatic N) is 2. The molecule has 0 rings (SSSR count). The van der Waals surface area contributed by atoms with Gasteiger partial charge in [0.1, 0.15) is 0 Å². The SMILES string of the molecule is CNN(C=O)CCN(C)CCN. The van der Waals surface area contributed by atoms with Gasteiger partial charge in [-0.1, -0.05) is 0 Å². The minimum absolute atomic E-state index is 0.650. The average Bonchev–Trinajstić information content (AvgIpc) is 2.07. The lowest BCUT2D eigenvalue weighted by Gasteiger charge is -2.20. The molecule has 5 heteroatoms. The van der Waals surface area contributed by atoms with Crippen LogP contribution in [0.3, 0.4) is 0 Å². The van der Waals surface area contributed by atoms with Crippen molar-refractivity contribution >= 4 is 6.41 Å². The molecule has 72 valence electrons. The molecule has 3 N–H and O–H groups in total. The minimum atomic E-state index is 0.650. The van der Waals surface area contributed by atoms with Crippen LogP contribution >= 0.6 is 0 Å². The normalized spacial score (nSPS) is 10.3. The van der Waals surface area contributed by atoms with Gasteiger partial charge >= 0.3 is 0 Å². The lowest BCUT2D eigenvalue weighted by Crippen LogP contribution is -2.40. The number of hydrogen-bond donors (Lipinski definition) is 2. The number of hydrogen-bond acceptors (Lipinski definition) is 4. The molecule has 0 saturated carbocycles. The molecule has 0 unspecified atom stereocenters. The zero-order chi connectivity index (χ0) is 9.40. The van der Waals surface area contributed by atoms with Gasteiger partial charge in [-0.3, -0.25) is 9.80 Å².